The minimum Gasteiger partial charge on any atom is -0.454 e. The topological polar surface area (TPSA) is 64.7 Å². The molecule has 3 aromatic heterocycles. The van der Waals surface area contributed by atoms with Crippen LogP contribution in [0.25, 0.3) is 89.4 Å². The number of hydrogen-bond acceptors (Lipinski definition) is 5. The van der Waals surface area contributed by atoms with E-state index in [4.69, 9.17) is 24.4 Å². The molecule has 0 spiro atoms. The van der Waals surface area contributed by atoms with Crippen molar-refractivity contribution in [3.63, 3.8) is 0 Å². The monoisotopic (exact) mass is 602 g/mol. The molecule has 6 aromatic carbocycles. The van der Waals surface area contributed by atoms with Crippen LogP contribution < -0.4 is 0 Å². The second-order valence-electron chi connectivity index (χ2n) is 11.5. The molecule has 0 radical (unpaired) electrons. The van der Waals surface area contributed by atoms with Gasteiger partial charge in [0.1, 0.15) is 11.1 Å². The van der Waals surface area contributed by atoms with Crippen molar-refractivity contribution in [1.82, 2.24) is 19.9 Å². The third-order valence-electron chi connectivity index (χ3n) is 8.53. The van der Waals surface area contributed by atoms with Crippen LogP contribution in [0.1, 0.15) is 0 Å². The zero-order valence-corrected chi connectivity index (χ0v) is 25.2. The third kappa shape index (κ3) is 4.82. The van der Waals surface area contributed by atoms with E-state index in [-0.39, 0.29) is 0 Å². The Hall–Kier alpha value is -6.46. The van der Waals surface area contributed by atoms with Gasteiger partial charge in [-0.05, 0) is 41.0 Å². The fourth-order valence-electron chi connectivity index (χ4n) is 6.23. The lowest BCUT2D eigenvalue weighted by Crippen LogP contribution is -2.00. The summed E-state index contributed by atoms with van der Waals surface area (Å²) in [7, 11) is 0. The molecule has 3 heterocycles. The summed E-state index contributed by atoms with van der Waals surface area (Å²) in [6, 6.07) is 53.4. The summed E-state index contributed by atoms with van der Waals surface area (Å²) >= 11 is 0. The fraction of sp³-hybridized carbons (Fsp3) is 0. The molecular weight excluding hydrogens is 576 g/mol. The SMILES string of the molecule is c1ccc(-c2cccc(-c3nc(-c4ccccc4)nc(-c4ccc(-c5c6ccccc6nc6c5oc5ccccc56)cc4)n3)c2)cc1. The Balaban J connectivity index is 1.19. The first-order chi connectivity index (χ1) is 23.3. The molecule has 9 aromatic rings. The van der Waals surface area contributed by atoms with Crippen molar-refractivity contribution in [3.05, 3.63) is 158 Å². The van der Waals surface area contributed by atoms with Crippen molar-refractivity contribution in [3.8, 4) is 56.4 Å². The van der Waals surface area contributed by atoms with Gasteiger partial charge in [-0.1, -0.05) is 133 Å². The lowest BCUT2D eigenvalue weighted by molar-refractivity contribution is 0.670. The Labute approximate surface area is 270 Å². The van der Waals surface area contributed by atoms with E-state index in [1.165, 1.54) is 0 Å². The molecule has 0 amide bonds. The summed E-state index contributed by atoms with van der Waals surface area (Å²) in [6.45, 7) is 0. The molecule has 0 aliphatic rings. The van der Waals surface area contributed by atoms with Crippen molar-refractivity contribution in [1.29, 1.82) is 0 Å². The minimum atomic E-state index is 0.610. The van der Waals surface area contributed by atoms with Gasteiger partial charge in [-0.3, -0.25) is 0 Å². The number of aromatic nitrogens is 4. The molecule has 0 fully saturated rings. The molecule has 220 valence electrons. The van der Waals surface area contributed by atoms with Crippen molar-refractivity contribution >= 4 is 33.0 Å². The molecule has 47 heavy (non-hydrogen) atoms. The standard InChI is InChI=1S/C42H26N4O/c1-3-12-27(13-4-1)31-16-11-17-32(26-31)42-45-40(29-14-5-2-6-15-29)44-41(46-42)30-24-22-28(23-25-30)37-33-18-7-9-20-35(33)43-38-34-19-8-10-21-36(34)47-39(37)38/h1-26H. The first-order valence-corrected chi connectivity index (χ1v) is 15.6. The lowest BCUT2D eigenvalue weighted by Gasteiger charge is -2.11. The molecule has 0 saturated carbocycles. The molecule has 0 aliphatic carbocycles. The van der Waals surface area contributed by atoms with Gasteiger partial charge in [-0.25, -0.2) is 19.9 Å². The third-order valence-corrected chi connectivity index (χ3v) is 8.53. The van der Waals surface area contributed by atoms with E-state index >= 15 is 0 Å². The van der Waals surface area contributed by atoms with Gasteiger partial charge < -0.3 is 4.42 Å². The minimum absolute atomic E-state index is 0.610. The number of rotatable bonds is 5. The summed E-state index contributed by atoms with van der Waals surface area (Å²) in [4.78, 5) is 19.9. The van der Waals surface area contributed by atoms with Crippen LogP contribution in [-0.2, 0) is 0 Å². The van der Waals surface area contributed by atoms with Crippen LogP contribution in [0.15, 0.2) is 162 Å². The van der Waals surface area contributed by atoms with Crippen molar-refractivity contribution < 1.29 is 4.42 Å². The van der Waals surface area contributed by atoms with Gasteiger partial charge in [0.25, 0.3) is 0 Å². The zero-order chi connectivity index (χ0) is 31.2. The predicted molar refractivity (Wildman–Crippen MR) is 190 cm³/mol. The molecule has 0 aliphatic heterocycles. The number of pyridine rings is 1. The van der Waals surface area contributed by atoms with E-state index in [0.717, 1.165) is 71.9 Å². The zero-order valence-electron chi connectivity index (χ0n) is 25.2. The van der Waals surface area contributed by atoms with Crippen molar-refractivity contribution in [2.75, 3.05) is 0 Å². The van der Waals surface area contributed by atoms with Crippen LogP contribution in [-0.4, -0.2) is 19.9 Å². The first kappa shape index (κ1) is 26.9. The van der Waals surface area contributed by atoms with Crippen LogP contribution in [0.4, 0.5) is 0 Å². The maximum Gasteiger partial charge on any atom is 0.164 e. The number of furan rings is 1. The van der Waals surface area contributed by atoms with Gasteiger partial charge in [0, 0.05) is 33.0 Å². The van der Waals surface area contributed by atoms with Crippen LogP contribution in [0.5, 0.6) is 0 Å². The summed E-state index contributed by atoms with van der Waals surface area (Å²) in [5.41, 5.74) is 10.5. The Morgan fingerprint density at radius 1 is 0.362 bits per heavy atom. The van der Waals surface area contributed by atoms with Crippen molar-refractivity contribution in [2.45, 2.75) is 0 Å². The number of nitrogens with zero attached hydrogens (tertiary/aromatic N) is 4. The van der Waals surface area contributed by atoms with Gasteiger partial charge in [-0.2, -0.15) is 0 Å². The molecule has 5 heteroatoms. The van der Waals surface area contributed by atoms with Crippen LogP contribution >= 0.6 is 0 Å². The molecule has 9 rings (SSSR count). The van der Waals surface area contributed by atoms with Gasteiger partial charge in [-0.15, -0.1) is 0 Å². The Kier molecular flexibility index (Phi) is 6.39. The Morgan fingerprint density at radius 2 is 0.894 bits per heavy atom. The maximum atomic E-state index is 6.44. The first-order valence-electron chi connectivity index (χ1n) is 15.6. The normalized spacial score (nSPS) is 11.4. The second-order valence-corrected chi connectivity index (χ2v) is 11.5. The average molecular weight is 603 g/mol. The quantitative estimate of drug-likeness (QED) is 0.196. The van der Waals surface area contributed by atoms with E-state index < -0.39 is 0 Å². The Bertz CT molecular complexity index is 2560. The number of fused-ring (bicyclic) bond motifs is 4. The molecule has 0 unspecified atom stereocenters. The molecule has 0 bridgehead atoms. The van der Waals surface area contributed by atoms with Gasteiger partial charge in [0.2, 0.25) is 0 Å². The number of benzene rings is 6. The second kappa shape index (κ2) is 11.2. The van der Waals surface area contributed by atoms with Crippen LogP contribution in [0.3, 0.4) is 0 Å². The van der Waals surface area contributed by atoms with E-state index in [0.29, 0.717) is 17.5 Å². The summed E-state index contributed by atoms with van der Waals surface area (Å²) in [5, 5.41) is 2.05. The molecular formula is C42H26N4O. The van der Waals surface area contributed by atoms with Crippen molar-refractivity contribution in [2.24, 2.45) is 0 Å². The summed E-state index contributed by atoms with van der Waals surface area (Å²) < 4.78 is 6.44. The Morgan fingerprint density at radius 3 is 1.64 bits per heavy atom. The summed E-state index contributed by atoms with van der Waals surface area (Å²) in [5.74, 6) is 1.86. The van der Waals surface area contributed by atoms with Crippen LogP contribution in [0.2, 0.25) is 0 Å². The van der Waals surface area contributed by atoms with Gasteiger partial charge in [0.15, 0.2) is 23.1 Å². The van der Waals surface area contributed by atoms with E-state index in [1.54, 1.807) is 0 Å². The maximum absolute atomic E-state index is 6.44. The van der Waals surface area contributed by atoms with E-state index in [9.17, 15) is 0 Å². The molecule has 0 N–H and O–H groups in total. The molecule has 0 saturated heterocycles. The summed E-state index contributed by atoms with van der Waals surface area (Å²) in [6.07, 6.45) is 0. The van der Waals surface area contributed by atoms with Gasteiger partial charge in [0.05, 0.1) is 5.52 Å². The average Bonchev–Trinajstić information content (AvgIpc) is 3.52. The molecule has 5 nitrogen and oxygen atoms in total. The highest BCUT2D eigenvalue weighted by Crippen LogP contribution is 2.40. The smallest absolute Gasteiger partial charge is 0.164 e. The van der Waals surface area contributed by atoms with Crippen LogP contribution in [0, 0.1) is 0 Å². The number of hydrogen-bond donors (Lipinski definition) is 0. The fourth-order valence-corrected chi connectivity index (χ4v) is 6.23. The van der Waals surface area contributed by atoms with Gasteiger partial charge >= 0.3 is 0 Å². The highest BCUT2D eigenvalue weighted by Gasteiger charge is 2.18. The predicted octanol–water partition coefficient (Wildman–Crippen LogP) is 10.7. The lowest BCUT2D eigenvalue weighted by atomic mass is 9.98. The molecule has 0 atom stereocenters. The highest BCUT2D eigenvalue weighted by molar-refractivity contribution is 6.14. The highest BCUT2D eigenvalue weighted by atomic mass is 16.3. The number of para-hydroxylation sites is 2. The largest absolute Gasteiger partial charge is 0.454 e. The van der Waals surface area contributed by atoms with E-state index in [1.807, 2.05) is 78.9 Å². The van der Waals surface area contributed by atoms with E-state index in [2.05, 4.69) is 78.9 Å².